The quantitative estimate of drug-likeness (QED) is 0.693. The minimum atomic E-state index is -0.740. The van der Waals surface area contributed by atoms with Crippen molar-refractivity contribution >= 4 is 22.7 Å². The maximum atomic E-state index is 13.9. The van der Waals surface area contributed by atoms with E-state index in [2.05, 4.69) is 19.9 Å². The number of nitrogens with zero attached hydrogens (tertiary/aromatic N) is 6. The third kappa shape index (κ3) is 2.28. The zero-order chi connectivity index (χ0) is 15.1. The zero-order valence-electron chi connectivity index (χ0n) is 12.1. The minimum Gasteiger partial charge on any atom is -0.326 e. The van der Waals surface area contributed by atoms with E-state index < -0.39 is 6.08 Å². The Hall–Kier alpha value is -2.57. The van der Waals surface area contributed by atoms with Crippen LogP contribution in [0.25, 0.3) is 11.2 Å². The lowest BCUT2D eigenvalue weighted by Crippen LogP contribution is -2.14. The van der Waals surface area contributed by atoms with Crippen LogP contribution in [-0.2, 0) is 6.54 Å². The number of aromatic nitrogens is 5. The molecule has 1 aliphatic carbocycles. The van der Waals surface area contributed by atoms with E-state index in [-0.39, 0.29) is 0 Å². The standard InChI is InChI=1S/C15H15FN6/c1-21(11-3-2-6-17-7-11)13-12-14(20-15(16)19-13)22(9-18-12)8-10-4-5-10/h2-3,6-7,9-10H,4-5,8H2,1H3. The summed E-state index contributed by atoms with van der Waals surface area (Å²) in [5, 5.41) is 0. The number of halogens is 1. The van der Waals surface area contributed by atoms with Gasteiger partial charge in [0.2, 0.25) is 0 Å². The molecule has 0 amide bonds. The monoisotopic (exact) mass is 298 g/mol. The lowest BCUT2D eigenvalue weighted by atomic mass is 10.3. The van der Waals surface area contributed by atoms with Crippen molar-refractivity contribution < 1.29 is 4.39 Å². The molecule has 0 aromatic carbocycles. The summed E-state index contributed by atoms with van der Waals surface area (Å²) in [5.41, 5.74) is 1.97. The summed E-state index contributed by atoms with van der Waals surface area (Å²) >= 11 is 0. The summed E-state index contributed by atoms with van der Waals surface area (Å²) in [6, 6.07) is 3.71. The first kappa shape index (κ1) is 13.1. The summed E-state index contributed by atoms with van der Waals surface area (Å²) in [5.74, 6) is 1.11. The number of hydrogen-bond donors (Lipinski definition) is 0. The first-order valence-corrected chi connectivity index (χ1v) is 7.24. The average Bonchev–Trinajstić information content (AvgIpc) is 3.27. The summed E-state index contributed by atoms with van der Waals surface area (Å²) < 4.78 is 15.8. The second kappa shape index (κ2) is 5.01. The molecule has 6 nitrogen and oxygen atoms in total. The summed E-state index contributed by atoms with van der Waals surface area (Å²) in [6.45, 7) is 0.836. The van der Waals surface area contributed by atoms with E-state index in [0.29, 0.717) is 22.9 Å². The van der Waals surface area contributed by atoms with Gasteiger partial charge >= 0.3 is 6.08 Å². The van der Waals surface area contributed by atoms with Crippen LogP contribution in [0.1, 0.15) is 12.8 Å². The maximum Gasteiger partial charge on any atom is 0.312 e. The van der Waals surface area contributed by atoms with Crippen LogP contribution in [0.5, 0.6) is 0 Å². The van der Waals surface area contributed by atoms with Gasteiger partial charge < -0.3 is 9.47 Å². The highest BCUT2D eigenvalue weighted by Gasteiger charge is 2.24. The molecular weight excluding hydrogens is 283 g/mol. The van der Waals surface area contributed by atoms with Crippen molar-refractivity contribution in [2.45, 2.75) is 19.4 Å². The highest BCUT2D eigenvalue weighted by molar-refractivity contribution is 5.85. The molecule has 0 spiro atoms. The molecule has 4 rings (SSSR count). The van der Waals surface area contributed by atoms with Crippen molar-refractivity contribution in [2.24, 2.45) is 5.92 Å². The second-order valence-electron chi connectivity index (χ2n) is 5.60. The Bertz CT molecular complexity index is 812. The number of anilines is 2. The number of fused-ring (bicyclic) bond motifs is 1. The fourth-order valence-corrected chi connectivity index (χ4v) is 2.52. The lowest BCUT2D eigenvalue weighted by molar-refractivity contribution is 0.539. The van der Waals surface area contributed by atoms with Crippen molar-refractivity contribution in [1.82, 2.24) is 24.5 Å². The van der Waals surface area contributed by atoms with E-state index in [4.69, 9.17) is 0 Å². The van der Waals surface area contributed by atoms with Crippen molar-refractivity contribution in [3.8, 4) is 0 Å². The molecule has 1 aliphatic rings. The Labute approximate surface area is 126 Å². The molecule has 0 N–H and O–H groups in total. The molecule has 112 valence electrons. The third-order valence-corrected chi connectivity index (χ3v) is 3.92. The molecule has 3 aromatic rings. The van der Waals surface area contributed by atoms with E-state index in [0.717, 1.165) is 12.2 Å². The highest BCUT2D eigenvalue weighted by atomic mass is 19.1. The minimum absolute atomic E-state index is 0.449. The molecule has 0 atom stereocenters. The van der Waals surface area contributed by atoms with Gasteiger partial charge in [-0.05, 0) is 30.9 Å². The largest absolute Gasteiger partial charge is 0.326 e. The molecule has 1 fully saturated rings. The van der Waals surface area contributed by atoms with Gasteiger partial charge in [0.1, 0.15) is 0 Å². The molecule has 0 aliphatic heterocycles. The smallest absolute Gasteiger partial charge is 0.312 e. The van der Waals surface area contributed by atoms with Crippen molar-refractivity contribution in [1.29, 1.82) is 0 Å². The van der Waals surface area contributed by atoms with E-state index in [1.54, 1.807) is 23.6 Å². The summed E-state index contributed by atoms with van der Waals surface area (Å²) in [6.07, 6.45) is 6.81. The Morgan fingerprint density at radius 2 is 2.23 bits per heavy atom. The van der Waals surface area contributed by atoms with E-state index in [9.17, 15) is 4.39 Å². The normalized spacial score (nSPS) is 14.5. The molecule has 22 heavy (non-hydrogen) atoms. The molecule has 0 radical (unpaired) electrons. The van der Waals surface area contributed by atoms with Crippen LogP contribution in [0, 0.1) is 12.0 Å². The van der Waals surface area contributed by atoms with Crippen molar-refractivity contribution in [3.05, 3.63) is 36.9 Å². The van der Waals surface area contributed by atoms with Gasteiger partial charge in [-0.3, -0.25) is 4.98 Å². The summed E-state index contributed by atoms with van der Waals surface area (Å²) in [7, 11) is 1.82. The average molecular weight is 298 g/mol. The number of imidazole rings is 1. The molecule has 1 saturated carbocycles. The second-order valence-corrected chi connectivity index (χ2v) is 5.60. The Morgan fingerprint density at radius 3 is 2.95 bits per heavy atom. The molecular formula is C15H15FN6. The number of rotatable bonds is 4. The van der Waals surface area contributed by atoms with Gasteiger partial charge in [0, 0.05) is 19.8 Å². The SMILES string of the molecule is CN(c1cccnc1)c1nc(F)nc2c1ncn2CC1CC1. The molecule has 3 aromatic heterocycles. The van der Waals surface area contributed by atoms with Gasteiger partial charge in [0.15, 0.2) is 17.0 Å². The summed E-state index contributed by atoms with van der Waals surface area (Å²) in [4.78, 5) is 18.1. The fraction of sp³-hybridized carbons (Fsp3) is 0.333. The topological polar surface area (TPSA) is 59.7 Å². The predicted octanol–water partition coefficient (Wildman–Crippen LogP) is 2.54. The van der Waals surface area contributed by atoms with Gasteiger partial charge in [0.25, 0.3) is 0 Å². The molecule has 7 heteroatoms. The maximum absolute atomic E-state index is 13.9. The lowest BCUT2D eigenvalue weighted by Gasteiger charge is -2.17. The van der Waals surface area contributed by atoms with Crippen LogP contribution in [0.3, 0.4) is 0 Å². The van der Waals surface area contributed by atoms with Crippen LogP contribution < -0.4 is 4.90 Å². The van der Waals surface area contributed by atoms with Gasteiger partial charge in [-0.25, -0.2) is 4.98 Å². The first-order valence-electron chi connectivity index (χ1n) is 7.24. The van der Waals surface area contributed by atoms with Gasteiger partial charge in [-0.1, -0.05) is 0 Å². The Kier molecular flexibility index (Phi) is 2.99. The molecule has 0 bridgehead atoms. The first-order chi connectivity index (χ1) is 10.7. The predicted molar refractivity (Wildman–Crippen MR) is 80.3 cm³/mol. The van der Waals surface area contributed by atoms with Crippen LogP contribution >= 0.6 is 0 Å². The van der Waals surface area contributed by atoms with Crippen LogP contribution in [0.4, 0.5) is 15.9 Å². The van der Waals surface area contributed by atoms with Gasteiger partial charge in [-0.2, -0.15) is 14.4 Å². The van der Waals surface area contributed by atoms with E-state index in [1.807, 2.05) is 23.7 Å². The van der Waals surface area contributed by atoms with E-state index in [1.165, 1.54) is 12.8 Å². The number of hydrogen-bond acceptors (Lipinski definition) is 5. The van der Waals surface area contributed by atoms with Crippen LogP contribution in [0.2, 0.25) is 0 Å². The fourth-order valence-electron chi connectivity index (χ4n) is 2.52. The third-order valence-electron chi connectivity index (χ3n) is 3.92. The van der Waals surface area contributed by atoms with Gasteiger partial charge in [-0.15, -0.1) is 0 Å². The van der Waals surface area contributed by atoms with Crippen LogP contribution in [-0.4, -0.2) is 31.6 Å². The van der Waals surface area contributed by atoms with Crippen LogP contribution in [0.15, 0.2) is 30.9 Å². The van der Waals surface area contributed by atoms with E-state index >= 15 is 0 Å². The Morgan fingerprint density at radius 1 is 1.36 bits per heavy atom. The van der Waals surface area contributed by atoms with Crippen molar-refractivity contribution in [3.63, 3.8) is 0 Å². The zero-order valence-corrected chi connectivity index (χ0v) is 12.1. The number of pyridine rings is 1. The molecule has 0 unspecified atom stereocenters. The van der Waals surface area contributed by atoms with Gasteiger partial charge in [0.05, 0.1) is 18.2 Å². The Balaban J connectivity index is 1.81. The molecule has 0 saturated heterocycles. The molecule has 3 heterocycles. The van der Waals surface area contributed by atoms with Crippen molar-refractivity contribution in [2.75, 3.05) is 11.9 Å². The highest BCUT2D eigenvalue weighted by Crippen LogP contribution is 2.33.